The Kier molecular flexibility index (Phi) is 5.36. The molecule has 0 saturated heterocycles. The molecule has 2 aromatic rings. The quantitative estimate of drug-likeness (QED) is 0.884. The zero-order valence-corrected chi connectivity index (χ0v) is 12.5. The summed E-state index contributed by atoms with van der Waals surface area (Å²) >= 11 is 3.41. The SMILES string of the molecule is CCNCc1ccnc(OCc2ccc(Br)cc2)c1. The summed E-state index contributed by atoms with van der Waals surface area (Å²) in [5.41, 5.74) is 2.31. The molecule has 4 heteroatoms. The molecule has 0 bridgehead atoms. The lowest BCUT2D eigenvalue weighted by atomic mass is 10.2. The third-order valence-electron chi connectivity index (χ3n) is 2.68. The van der Waals surface area contributed by atoms with Crippen molar-refractivity contribution >= 4 is 15.9 Å². The molecule has 2 rings (SSSR count). The molecular formula is C15H17BrN2O. The van der Waals surface area contributed by atoms with Crippen molar-refractivity contribution < 1.29 is 4.74 Å². The topological polar surface area (TPSA) is 34.2 Å². The third-order valence-corrected chi connectivity index (χ3v) is 3.21. The molecule has 0 atom stereocenters. The second kappa shape index (κ2) is 7.26. The van der Waals surface area contributed by atoms with E-state index in [1.54, 1.807) is 6.20 Å². The lowest BCUT2D eigenvalue weighted by Gasteiger charge is -2.07. The molecule has 0 spiro atoms. The van der Waals surface area contributed by atoms with Crippen LogP contribution in [0.15, 0.2) is 47.1 Å². The van der Waals surface area contributed by atoms with Crippen LogP contribution in [-0.2, 0) is 13.2 Å². The van der Waals surface area contributed by atoms with E-state index in [9.17, 15) is 0 Å². The van der Waals surface area contributed by atoms with Crippen LogP contribution >= 0.6 is 15.9 Å². The maximum Gasteiger partial charge on any atom is 0.213 e. The summed E-state index contributed by atoms with van der Waals surface area (Å²) in [4.78, 5) is 4.22. The van der Waals surface area contributed by atoms with Gasteiger partial charge in [0.05, 0.1) is 0 Å². The molecule has 1 aromatic carbocycles. The minimum atomic E-state index is 0.533. The molecule has 3 nitrogen and oxygen atoms in total. The number of aromatic nitrogens is 1. The predicted octanol–water partition coefficient (Wildman–Crippen LogP) is 3.53. The van der Waals surface area contributed by atoms with Crippen LogP contribution in [0.3, 0.4) is 0 Å². The first kappa shape index (κ1) is 14.0. The molecule has 100 valence electrons. The number of ether oxygens (including phenoxy) is 1. The van der Waals surface area contributed by atoms with E-state index >= 15 is 0 Å². The summed E-state index contributed by atoms with van der Waals surface area (Å²) in [6, 6.07) is 12.1. The number of halogens is 1. The van der Waals surface area contributed by atoms with Crippen LogP contribution in [0.5, 0.6) is 5.88 Å². The van der Waals surface area contributed by atoms with Gasteiger partial charge in [0.2, 0.25) is 5.88 Å². The van der Waals surface area contributed by atoms with E-state index < -0.39 is 0 Å². The van der Waals surface area contributed by atoms with Crippen molar-refractivity contribution in [3.63, 3.8) is 0 Å². The van der Waals surface area contributed by atoms with E-state index in [0.29, 0.717) is 12.5 Å². The van der Waals surface area contributed by atoms with Gasteiger partial charge in [-0.3, -0.25) is 0 Å². The van der Waals surface area contributed by atoms with Crippen LogP contribution < -0.4 is 10.1 Å². The standard InChI is InChI=1S/C15H17BrN2O/c1-2-17-10-13-7-8-18-15(9-13)19-11-12-3-5-14(16)6-4-12/h3-9,17H,2,10-11H2,1H3. The van der Waals surface area contributed by atoms with Crippen molar-refractivity contribution in [2.75, 3.05) is 6.54 Å². The third kappa shape index (κ3) is 4.65. The normalized spacial score (nSPS) is 10.4. The number of benzene rings is 1. The number of nitrogens with one attached hydrogen (secondary N) is 1. The van der Waals surface area contributed by atoms with Gasteiger partial charge in [-0.05, 0) is 35.9 Å². The summed E-state index contributed by atoms with van der Waals surface area (Å²) in [6.45, 7) is 4.42. The van der Waals surface area contributed by atoms with Crippen molar-refractivity contribution in [3.05, 3.63) is 58.2 Å². The van der Waals surface area contributed by atoms with Crippen LogP contribution in [0.4, 0.5) is 0 Å². The lowest BCUT2D eigenvalue weighted by molar-refractivity contribution is 0.293. The first-order chi connectivity index (χ1) is 9.28. The zero-order chi connectivity index (χ0) is 13.5. The molecule has 0 saturated carbocycles. The Morgan fingerprint density at radius 1 is 1.16 bits per heavy atom. The lowest BCUT2D eigenvalue weighted by Crippen LogP contribution is -2.11. The Morgan fingerprint density at radius 2 is 1.95 bits per heavy atom. The maximum atomic E-state index is 5.70. The monoisotopic (exact) mass is 320 g/mol. The summed E-state index contributed by atoms with van der Waals surface area (Å²) < 4.78 is 6.77. The minimum absolute atomic E-state index is 0.533. The molecule has 0 aliphatic heterocycles. The Bertz CT molecular complexity index is 514. The van der Waals surface area contributed by atoms with Crippen LogP contribution in [0.2, 0.25) is 0 Å². The molecule has 1 heterocycles. The average molecular weight is 321 g/mol. The highest BCUT2D eigenvalue weighted by Crippen LogP contribution is 2.14. The second-order valence-electron chi connectivity index (χ2n) is 4.20. The van der Waals surface area contributed by atoms with Gasteiger partial charge in [-0.25, -0.2) is 4.98 Å². The van der Waals surface area contributed by atoms with Gasteiger partial charge in [-0.15, -0.1) is 0 Å². The number of pyridine rings is 1. The Balaban J connectivity index is 1.93. The van der Waals surface area contributed by atoms with E-state index in [0.717, 1.165) is 23.1 Å². The molecule has 1 aromatic heterocycles. The number of rotatable bonds is 6. The first-order valence-electron chi connectivity index (χ1n) is 6.31. The van der Waals surface area contributed by atoms with Crippen LogP contribution in [-0.4, -0.2) is 11.5 Å². The second-order valence-corrected chi connectivity index (χ2v) is 5.11. The predicted molar refractivity (Wildman–Crippen MR) is 80.1 cm³/mol. The molecule has 0 amide bonds. The van der Waals surface area contributed by atoms with Crippen molar-refractivity contribution in [2.45, 2.75) is 20.1 Å². The van der Waals surface area contributed by atoms with E-state index in [4.69, 9.17) is 4.74 Å². The summed E-state index contributed by atoms with van der Waals surface area (Å²) in [6.07, 6.45) is 1.78. The molecule has 0 aliphatic rings. The largest absolute Gasteiger partial charge is 0.473 e. The highest BCUT2D eigenvalue weighted by molar-refractivity contribution is 9.10. The van der Waals surface area contributed by atoms with E-state index in [2.05, 4.69) is 33.2 Å². The zero-order valence-electron chi connectivity index (χ0n) is 10.9. The highest BCUT2D eigenvalue weighted by atomic mass is 79.9. The van der Waals surface area contributed by atoms with Crippen molar-refractivity contribution in [1.29, 1.82) is 0 Å². The van der Waals surface area contributed by atoms with Crippen LogP contribution in [0.1, 0.15) is 18.1 Å². The fourth-order valence-corrected chi connectivity index (χ4v) is 1.91. The van der Waals surface area contributed by atoms with Gasteiger partial charge < -0.3 is 10.1 Å². The van der Waals surface area contributed by atoms with Crippen molar-refractivity contribution in [3.8, 4) is 5.88 Å². The number of hydrogen-bond donors (Lipinski definition) is 1. The van der Waals surface area contributed by atoms with Gasteiger partial charge in [-0.1, -0.05) is 35.0 Å². The minimum Gasteiger partial charge on any atom is -0.473 e. The molecule has 1 N–H and O–H groups in total. The molecule has 0 radical (unpaired) electrons. The maximum absolute atomic E-state index is 5.70. The first-order valence-corrected chi connectivity index (χ1v) is 7.10. The number of hydrogen-bond acceptors (Lipinski definition) is 3. The van der Waals surface area contributed by atoms with Gasteiger partial charge >= 0.3 is 0 Å². The van der Waals surface area contributed by atoms with E-state index in [-0.39, 0.29) is 0 Å². The molecular weight excluding hydrogens is 304 g/mol. The average Bonchev–Trinajstić information content (AvgIpc) is 2.45. The van der Waals surface area contributed by atoms with E-state index in [1.165, 1.54) is 5.56 Å². The van der Waals surface area contributed by atoms with Crippen molar-refractivity contribution in [2.24, 2.45) is 0 Å². The van der Waals surface area contributed by atoms with Crippen LogP contribution in [0.25, 0.3) is 0 Å². The van der Waals surface area contributed by atoms with Crippen molar-refractivity contribution in [1.82, 2.24) is 10.3 Å². The van der Waals surface area contributed by atoms with Gasteiger partial charge in [0.15, 0.2) is 0 Å². The van der Waals surface area contributed by atoms with Gasteiger partial charge in [-0.2, -0.15) is 0 Å². The summed E-state index contributed by atoms with van der Waals surface area (Å²) in [5.74, 6) is 0.665. The van der Waals surface area contributed by atoms with Gasteiger partial charge in [0.1, 0.15) is 6.61 Å². The fourth-order valence-electron chi connectivity index (χ4n) is 1.65. The molecule has 19 heavy (non-hydrogen) atoms. The smallest absolute Gasteiger partial charge is 0.213 e. The fraction of sp³-hybridized carbons (Fsp3) is 0.267. The Hall–Kier alpha value is -1.39. The van der Waals surface area contributed by atoms with Crippen LogP contribution in [0, 0.1) is 0 Å². The Morgan fingerprint density at radius 3 is 2.68 bits per heavy atom. The van der Waals surface area contributed by atoms with Gasteiger partial charge in [0.25, 0.3) is 0 Å². The number of nitrogens with zero attached hydrogens (tertiary/aromatic N) is 1. The molecule has 0 fully saturated rings. The summed E-state index contributed by atoms with van der Waals surface area (Å²) in [5, 5.41) is 3.28. The van der Waals surface area contributed by atoms with Gasteiger partial charge in [0, 0.05) is 23.3 Å². The molecule has 0 unspecified atom stereocenters. The van der Waals surface area contributed by atoms with E-state index in [1.807, 2.05) is 36.4 Å². The summed E-state index contributed by atoms with van der Waals surface area (Å²) in [7, 11) is 0. The molecule has 0 aliphatic carbocycles. The highest BCUT2D eigenvalue weighted by Gasteiger charge is 1.99. The Labute approximate surface area is 122 Å².